The number of carbonyl (C=O) groups is 1. The minimum Gasteiger partial charge on any atom is -0.392 e. The van der Waals surface area contributed by atoms with E-state index in [9.17, 15) is 9.90 Å². The predicted octanol–water partition coefficient (Wildman–Crippen LogP) is 2.70. The van der Waals surface area contributed by atoms with Crippen molar-refractivity contribution in [2.75, 3.05) is 19.7 Å². The Morgan fingerprint density at radius 3 is 2.61 bits per heavy atom. The smallest absolute Gasteiger partial charge is 0.254 e. The van der Waals surface area contributed by atoms with E-state index in [-0.39, 0.29) is 23.5 Å². The zero-order valence-corrected chi connectivity index (χ0v) is 14.3. The fourth-order valence-corrected chi connectivity index (χ4v) is 4.17. The van der Waals surface area contributed by atoms with Gasteiger partial charge in [-0.1, -0.05) is 17.7 Å². The van der Waals surface area contributed by atoms with Gasteiger partial charge in [0.25, 0.3) is 5.91 Å². The van der Waals surface area contributed by atoms with E-state index in [0.717, 1.165) is 30.4 Å². The standard InChI is InChI=1S/C19H27NO3/c1-4-23-17-12-16(21)19(17)7-9-20(10-8-19)18(22)15-6-5-13(2)11-14(15)3/h5-6,11,16-17,21H,4,7-10,12H2,1-3H3. The van der Waals surface area contributed by atoms with Gasteiger partial charge in [0.05, 0.1) is 12.2 Å². The number of rotatable bonds is 3. The van der Waals surface area contributed by atoms with Crippen LogP contribution in [0.5, 0.6) is 0 Å². The van der Waals surface area contributed by atoms with E-state index in [1.807, 2.05) is 37.8 Å². The molecule has 2 fully saturated rings. The van der Waals surface area contributed by atoms with Crippen molar-refractivity contribution in [1.29, 1.82) is 0 Å². The second-order valence-corrected chi connectivity index (χ2v) is 7.04. The van der Waals surface area contributed by atoms with Gasteiger partial charge in [-0.2, -0.15) is 0 Å². The highest BCUT2D eigenvalue weighted by Crippen LogP contribution is 2.51. The Bertz CT molecular complexity index is 588. The molecule has 0 aromatic heterocycles. The van der Waals surface area contributed by atoms with Gasteiger partial charge >= 0.3 is 0 Å². The summed E-state index contributed by atoms with van der Waals surface area (Å²) in [7, 11) is 0. The van der Waals surface area contributed by atoms with Gasteiger partial charge in [0, 0.05) is 37.1 Å². The maximum Gasteiger partial charge on any atom is 0.254 e. The molecule has 2 aliphatic rings. The lowest BCUT2D eigenvalue weighted by molar-refractivity contribution is -0.207. The third-order valence-electron chi connectivity index (χ3n) is 5.70. The number of amides is 1. The van der Waals surface area contributed by atoms with Gasteiger partial charge in [0.2, 0.25) is 0 Å². The number of carbonyl (C=O) groups excluding carboxylic acids is 1. The quantitative estimate of drug-likeness (QED) is 0.932. The largest absolute Gasteiger partial charge is 0.392 e. The molecule has 1 aliphatic heterocycles. The Kier molecular flexibility index (Phi) is 4.47. The molecule has 1 saturated heterocycles. The summed E-state index contributed by atoms with van der Waals surface area (Å²) in [5, 5.41) is 10.3. The molecule has 2 atom stereocenters. The highest BCUT2D eigenvalue weighted by molar-refractivity contribution is 5.95. The molecule has 1 heterocycles. The Morgan fingerprint density at radius 2 is 2.04 bits per heavy atom. The van der Waals surface area contributed by atoms with Gasteiger partial charge in [0.1, 0.15) is 0 Å². The minimum atomic E-state index is -0.280. The molecule has 1 aliphatic carbocycles. The lowest BCUT2D eigenvalue weighted by Crippen LogP contribution is -2.62. The highest BCUT2D eigenvalue weighted by atomic mass is 16.5. The lowest BCUT2D eigenvalue weighted by atomic mass is 9.58. The normalized spacial score (nSPS) is 26.2. The number of hydrogen-bond donors (Lipinski definition) is 1. The van der Waals surface area contributed by atoms with Crippen molar-refractivity contribution < 1.29 is 14.6 Å². The molecule has 126 valence electrons. The van der Waals surface area contributed by atoms with Crippen molar-refractivity contribution in [3.05, 3.63) is 34.9 Å². The van der Waals surface area contributed by atoms with Crippen LogP contribution < -0.4 is 0 Å². The Balaban J connectivity index is 1.68. The summed E-state index contributed by atoms with van der Waals surface area (Å²) in [6.07, 6.45) is 2.27. The van der Waals surface area contributed by atoms with Crippen LogP contribution in [0.2, 0.25) is 0 Å². The molecule has 1 amide bonds. The van der Waals surface area contributed by atoms with Crippen LogP contribution in [0, 0.1) is 19.3 Å². The van der Waals surface area contributed by atoms with Crippen molar-refractivity contribution in [2.24, 2.45) is 5.41 Å². The molecule has 1 saturated carbocycles. The molecule has 0 radical (unpaired) electrons. The second kappa shape index (κ2) is 6.25. The molecular formula is C19H27NO3. The summed E-state index contributed by atoms with van der Waals surface area (Å²) in [5.74, 6) is 0.110. The summed E-state index contributed by atoms with van der Waals surface area (Å²) < 4.78 is 5.79. The number of aliphatic hydroxyl groups excluding tert-OH is 1. The van der Waals surface area contributed by atoms with E-state index in [2.05, 4.69) is 6.07 Å². The molecule has 4 nitrogen and oxygen atoms in total. The second-order valence-electron chi connectivity index (χ2n) is 7.04. The number of aryl methyl sites for hydroxylation is 2. The molecule has 1 aromatic rings. The monoisotopic (exact) mass is 317 g/mol. The van der Waals surface area contributed by atoms with E-state index >= 15 is 0 Å². The fourth-order valence-electron chi connectivity index (χ4n) is 4.17. The topological polar surface area (TPSA) is 49.8 Å². The predicted molar refractivity (Wildman–Crippen MR) is 89.5 cm³/mol. The van der Waals surface area contributed by atoms with Crippen molar-refractivity contribution >= 4 is 5.91 Å². The Labute approximate surface area is 138 Å². The third-order valence-corrected chi connectivity index (χ3v) is 5.70. The van der Waals surface area contributed by atoms with Crippen molar-refractivity contribution in [3.8, 4) is 0 Å². The lowest BCUT2D eigenvalue weighted by Gasteiger charge is -2.56. The molecule has 4 heteroatoms. The van der Waals surface area contributed by atoms with E-state index in [0.29, 0.717) is 19.7 Å². The van der Waals surface area contributed by atoms with Gasteiger partial charge in [-0.25, -0.2) is 0 Å². The average Bonchev–Trinajstić information content (AvgIpc) is 2.54. The maximum absolute atomic E-state index is 12.8. The van der Waals surface area contributed by atoms with Crippen molar-refractivity contribution in [3.63, 3.8) is 0 Å². The number of aliphatic hydroxyl groups is 1. The molecule has 2 unspecified atom stereocenters. The van der Waals surface area contributed by atoms with E-state index < -0.39 is 0 Å². The molecule has 0 bridgehead atoms. The number of benzene rings is 1. The third kappa shape index (κ3) is 2.79. The highest BCUT2D eigenvalue weighted by Gasteiger charge is 2.56. The molecule has 1 spiro atoms. The maximum atomic E-state index is 12.8. The van der Waals surface area contributed by atoms with Gasteiger partial charge in [0.15, 0.2) is 0 Å². The van der Waals surface area contributed by atoms with Crippen LogP contribution in [0.15, 0.2) is 18.2 Å². The Hall–Kier alpha value is -1.39. The number of piperidine rings is 1. The minimum absolute atomic E-state index is 0.110. The van der Waals surface area contributed by atoms with E-state index in [4.69, 9.17) is 4.74 Å². The van der Waals surface area contributed by atoms with Crippen LogP contribution in [-0.2, 0) is 4.74 Å². The van der Waals surface area contributed by atoms with E-state index in [1.54, 1.807) is 0 Å². The SMILES string of the molecule is CCOC1CC(O)C12CCN(C(=O)c1ccc(C)cc1C)CC2. The first-order valence-corrected chi connectivity index (χ1v) is 8.64. The Morgan fingerprint density at radius 1 is 1.35 bits per heavy atom. The number of hydrogen-bond acceptors (Lipinski definition) is 3. The van der Waals surface area contributed by atoms with Crippen molar-refractivity contribution in [2.45, 2.75) is 52.2 Å². The van der Waals surface area contributed by atoms with Crippen LogP contribution in [-0.4, -0.2) is 47.8 Å². The summed E-state index contributed by atoms with van der Waals surface area (Å²) in [6.45, 7) is 8.12. The average molecular weight is 317 g/mol. The number of likely N-dealkylation sites (tertiary alicyclic amines) is 1. The summed E-state index contributed by atoms with van der Waals surface area (Å²) >= 11 is 0. The first kappa shape index (κ1) is 16.5. The molecule has 1 N–H and O–H groups in total. The van der Waals surface area contributed by atoms with E-state index in [1.165, 1.54) is 5.56 Å². The molecular weight excluding hydrogens is 290 g/mol. The fraction of sp³-hybridized carbons (Fsp3) is 0.632. The van der Waals surface area contributed by atoms with Gasteiger partial charge in [-0.3, -0.25) is 4.79 Å². The van der Waals surface area contributed by atoms with Crippen LogP contribution in [0.4, 0.5) is 0 Å². The zero-order chi connectivity index (χ0) is 16.6. The summed E-state index contributed by atoms with van der Waals surface area (Å²) in [4.78, 5) is 14.7. The van der Waals surface area contributed by atoms with Crippen LogP contribution in [0.1, 0.15) is 47.7 Å². The van der Waals surface area contributed by atoms with Crippen molar-refractivity contribution in [1.82, 2.24) is 4.90 Å². The van der Waals surface area contributed by atoms with Crippen LogP contribution >= 0.6 is 0 Å². The molecule has 3 rings (SSSR count). The number of nitrogens with zero attached hydrogens (tertiary/aromatic N) is 1. The first-order valence-electron chi connectivity index (χ1n) is 8.64. The van der Waals surface area contributed by atoms with Crippen LogP contribution in [0.25, 0.3) is 0 Å². The number of ether oxygens (including phenoxy) is 1. The van der Waals surface area contributed by atoms with Gasteiger partial charge in [-0.05, 0) is 45.2 Å². The van der Waals surface area contributed by atoms with Gasteiger partial charge in [-0.15, -0.1) is 0 Å². The summed E-state index contributed by atoms with van der Waals surface area (Å²) in [6, 6.07) is 5.98. The van der Waals surface area contributed by atoms with Crippen LogP contribution in [0.3, 0.4) is 0 Å². The van der Waals surface area contributed by atoms with Gasteiger partial charge < -0.3 is 14.7 Å². The first-order chi connectivity index (χ1) is 11.0. The molecule has 23 heavy (non-hydrogen) atoms. The zero-order valence-electron chi connectivity index (χ0n) is 14.3. The molecule has 1 aromatic carbocycles. The summed E-state index contributed by atoms with van der Waals surface area (Å²) in [5.41, 5.74) is 2.87.